The lowest BCUT2D eigenvalue weighted by atomic mass is 10.3. The van der Waals surface area contributed by atoms with Crippen molar-refractivity contribution in [3.63, 3.8) is 0 Å². The van der Waals surface area contributed by atoms with E-state index >= 15 is 0 Å². The zero-order valence-electron chi connectivity index (χ0n) is 11.0. The predicted octanol–water partition coefficient (Wildman–Crippen LogP) is 2.19. The number of hydrogen-bond acceptors (Lipinski definition) is 4. The molecule has 1 N–H and O–H groups in total. The normalized spacial score (nSPS) is 10.3. The second-order valence-corrected chi connectivity index (χ2v) is 4.69. The van der Waals surface area contributed by atoms with E-state index < -0.39 is 28.8 Å². The van der Waals surface area contributed by atoms with Crippen LogP contribution in [0.4, 0.5) is 15.8 Å². The zero-order chi connectivity index (χ0) is 16.3. The van der Waals surface area contributed by atoms with Crippen LogP contribution in [0.15, 0.2) is 41.3 Å². The maximum atomic E-state index is 12.9. The number of pyridine rings is 1. The van der Waals surface area contributed by atoms with Gasteiger partial charge in [-0.15, -0.1) is 0 Å². The summed E-state index contributed by atoms with van der Waals surface area (Å²) < 4.78 is 13.8. The molecule has 1 heterocycles. The minimum absolute atomic E-state index is 0.000242. The van der Waals surface area contributed by atoms with Crippen LogP contribution < -0.4 is 10.9 Å². The van der Waals surface area contributed by atoms with Crippen molar-refractivity contribution in [3.05, 3.63) is 67.8 Å². The molecule has 0 aliphatic heterocycles. The molecule has 0 saturated heterocycles. The predicted molar refractivity (Wildman–Crippen MR) is 77.4 cm³/mol. The van der Waals surface area contributed by atoms with Crippen LogP contribution in [-0.4, -0.2) is 15.4 Å². The summed E-state index contributed by atoms with van der Waals surface area (Å²) in [5, 5.41) is 13.0. The third kappa shape index (κ3) is 3.67. The number of benzene rings is 1. The van der Waals surface area contributed by atoms with Crippen molar-refractivity contribution in [1.82, 2.24) is 4.57 Å². The van der Waals surface area contributed by atoms with E-state index in [0.717, 1.165) is 35.0 Å². The molecule has 7 nitrogen and oxygen atoms in total. The van der Waals surface area contributed by atoms with Crippen LogP contribution in [0.1, 0.15) is 0 Å². The topological polar surface area (TPSA) is 94.2 Å². The Kier molecular flexibility index (Phi) is 4.52. The quantitative estimate of drug-likeness (QED) is 0.688. The number of nitrogens with zero attached hydrogens (tertiary/aromatic N) is 2. The highest BCUT2D eigenvalue weighted by atomic mass is 35.5. The van der Waals surface area contributed by atoms with Crippen LogP contribution in [0.3, 0.4) is 0 Å². The van der Waals surface area contributed by atoms with E-state index in [0.29, 0.717) is 0 Å². The number of carbonyl (C=O) groups is 1. The maximum absolute atomic E-state index is 12.9. The molecule has 1 aromatic heterocycles. The summed E-state index contributed by atoms with van der Waals surface area (Å²) in [6.07, 6.45) is 0.966. The molecular formula is C13H9ClFN3O4. The van der Waals surface area contributed by atoms with E-state index in [-0.39, 0.29) is 16.4 Å². The van der Waals surface area contributed by atoms with Gasteiger partial charge in [-0.3, -0.25) is 24.3 Å². The number of anilines is 1. The molecule has 22 heavy (non-hydrogen) atoms. The molecule has 114 valence electrons. The van der Waals surface area contributed by atoms with Gasteiger partial charge >= 0.3 is 0 Å². The lowest BCUT2D eigenvalue weighted by Gasteiger charge is -2.08. The first-order valence-corrected chi connectivity index (χ1v) is 6.34. The van der Waals surface area contributed by atoms with Gasteiger partial charge in [-0.05, 0) is 18.2 Å². The Morgan fingerprint density at radius 3 is 2.73 bits per heavy atom. The van der Waals surface area contributed by atoms with Gasteiger partial charge in [0.15, 0.2) is 0 Å². The second-order valence-electron chi connectivity index (χ2n) is 4.28. The first-order chi connectivity index (χ1) is 10.4. The molecule has 0 saturated carbocycles. The Morgan fingerprint density at radius 1 is 1.36 bits per heavy atom. The van der Waals surface area contributed by atoms with Gasteiger partial charge in [0.05, 0.1) is 21.8 Å². The van der Waals surface area contributed by atoms with Crippen molar-refractivity contribution in [1.29, 1.82) is 0 Å². The van der Waals surface area contributed by atoms with E-state index in [2.05, 4.69) is 5.32 Å². The van der Waals surface area contributed by atoms with E-state index in [4.69, 9.17) is 11.6 Å². The molecule has 0 bridgehead atoms. The van der Waals surface area contributed by atoms with Crippen LogP contribution in [-0.2, 0) is 11.3 Å². The molecule has 2 rings (SSSR count). The SMILES string of the molecule is O=C(Cn1cc([N+](=O)[O-])ccc1=O)Nc1ccc(F)cc1Cl. The maximum Gasteiger partial charge on any atom is 0.285 e. The van der Waals surface area contributed by atoms with Crippen molar-refractivity contribution < 1.29 is 14.1 Å². The fourth-order valence-corrected chi connectivity index (χ4v) is 1.90. The largest absolute Gasteiger partial charge is 0.323 e. The third-order valence-corrected chi connectivity index (χ3v) is 3.01. The number of amides is 1. The van der Waals surface area contributed by atoms with Crippen LogP contribution in [0.5, 0.6) is 0 Å². The molecule has 2 aromatic rings. The number of nitrogens with one attached hydrogen (secondary N) is 1. The minimum atomic E-state index is -0.676. The lowest BCUT2D eigenvalue weighted by molar-refractivity contribution is -0.385. The molecular weight excluding hydrogens is 317 g/mol. The van der Waals surface area contributed by atoms with Crippen molar-refractivity contribution in [2.24, 2.45) is 0 Å². The molecule has 0 fully saturated rings. The Hall–Kier alpha value is -2.74. The number of rotatable bonds is 4. The average Bonchev–Trinajstić information content (AvgIpc) is 2.44. The van der Waals surface area contributed by atoms with Gasteiger partial charge in [-0.1, -0.05) is 11.6 Å². The van der Waals surface area contributed by atoms with E-state index in [1.165, 1.54) is 6.07 Å². The Balaban J connectivity index is 2.17. The van der Waals surface area contributed by atoms with Gasteiger partial charge in [-0.25, -0.2) is 4.39 Å². The number of aromatic nitrogens is 1. The van der Waals surface area contributed by atoms with Crippen molar-refractivity contribution in [3.8, 4) is 0 Å². The summed E-state index contributed by atoms with van der Waals surface area (Å²) in [7, 11) is 0. The molecule has 0 unspecified atom stereocenters. The van der Waals surface area contributed by atoms with Crippen LogP contribution in [0.25, 0.3) is 0 Å². The zero-order valence-corrected chi connectivity index (χ0v) is 11.7. The average molecular weight is 326 g/mol. The summed E-state index contributed by atoms with van der Waals surface area (Å²) in [6.45, 7) is -0.436. The highest BCUT2D eigenvalue weighted by molar-refractivity contribution is 6.33. The van der Waals surface area contributed by atoms with Gasteiger partial charge in [-0.2, -0.15) is 0 Å². The molecule has 1 aromatic carbocycles. The molecule has 1 amide bonds. The molecule has 0 atom stereocenters. The van der Waals surface area contributed by atoms with Crippen molar-refractivity contribution in [2.75, 3.05) is 5.32 Å². The molecule has 0 aliphatic rings. The first-order valence-electron chi connectivity index (χ1n) is 5.96. The van der Waals surface area contributed by atoms with Crippen LogP contribution in [0.2, 0.25) is 5.02 Å². The van der Waals surface area contributed by atoms with Crippen molar-refractivity contribution >= 4 is 28.9 Å². The first kappa shape index (κ1) is 15.6. The van der Waals surface area contributed by atoms with Gasteiger partial charge in [0, 0.05) is 12.1 Å². The van der Waals surface area contributed by atoms with Crippen LogP contribution in [0, 0.1) is 15.9 Å². The second kappa shape index (κ2) is 6.35. The number of halogens is 2. The summed E-state index contributed by atoms with van der Waals surface area (Å²) in [5.74, 6) is -1.19. The highest BCUT2D eigenvalue weighted by Gasteiger charge is 2.12. The monoisotopic (exact) mass is 325 g/mol. The van der Waals surface area contributed by atoms with E-state index in [9.17, 15) is 24.1 Å². The smallest absolute Gasteiger partial charge is 0.285 e. The lowest BCUT2D eigenvalue weighted by Crippen LogP contribution is -2.27. The molecule has 0 radical (unpaired) electrons. The Morgan fingerprint density at radius 2 is 2.09 bits per heavy atom. The Labute approximate surface area is 128 Å². The third-order valence-electron chi connectivity index (χ3n) is 2.70. The number of hydrogen-bond donors (Lipinski definition) is 1. The molecule has 0 spiro atoms. The van der Waals surface area contributed by atoms with Crippen LogP contribution >= 0.6 is 11.6 Å². The fraction of sp³-hybridized carbons (Fsp3) is 0.0769. The molecule has 9 heteroatoms. The summed E-state index contributed by atoms with van der Waals surface area (Å²) in [4.78, 5) is 33.4. The summed E-state index contributed by atoms with van der Waals surface area (Å²) in [6, 6.07) is 5.45. The fourth-order valence-electron chi connectivity index (χ4n) is 1.69. The number of nitro groups is 1. The van der Waals surface area contributed by atoms with E-state index in [1.54, 1.807) is 0 Å². The van der Waals surface area contributed by atoms with Gasteiger partial charge in [0.25, 0.3) is 11.2 Å². The van der Waals surface area contributed by atoms with E-state index in [1.807, 2.05) is 0 Å². The van der Waals surface area contributed by atoms with Gasteiger partial charge in [0.1, 0.15) is 12.4 Å². The van der Waals surface area contributed by atoms with Gasteiger partial charge in [0.2, 0.25) is 5.91 Å². The minimum Gasteiger partial charge on any atom is -0.323 e. The summed E-state index contributed by atoms with van der Waals surface area (Å²) in [5.41, 5.74) is -0.704. The van der Waals surface area contributed by atoms with Crippen molar-refractivity contribution in [2.45, 2.75) is 6.54 Å². The highest BCUT2D eigenvalue weighted by Crippen LogP contribution is 2.22. The van der Waals surface area contributed by atoms with Gasteiger partial charge < -0.3 is 5.32 Å². The Bertz CT molecular complexity index is 806. The molecule has 0 aliphatic carbocycles. The number of carbonyl (C=O) groups excluding carboxylic acids is 1. The standard InChI is InChI=1S/C13H9ClFN3O4/c14-10-5-8(15)1-3-11(10)16-12(19)7-17-6-9(18(21)22)2-4-13(17)20/h1-6H,7H2,(H,16,19). The summed E-state index contributed by atoms with van der Waals surface area (Å²) >= 11 is 5.76.